The molecule has 51 heavy (non-hydrogen) atoms. The number of nitriles is 1. The summed E-state index contributed by atoms with van der Waals surface area (Å²) in [6.45, 7) is 12.8. The van der Waals surface area contributed by atoms with Gasteiger partial charge in [-0.05, 0) is 64.6 Å². The molecule has 5 rings (SSSR count). The van der Waals surface area contributed by atoms with Gasteiger partial charge in [0.15, 0.2) is 0 Å². The van der Waals surface area contributed by atoms with E-state index in [1.807, 2.05) is 69.3 Å². The number of amides is 1. The van der Waals surface area contributed by atoms with E-state index in [1.54, 1.807) is 42.1 Å². The van der Waals surface area contributed by atoms with Crippen LogP contribution in [0.5, 0.6) is 11.5 Å². The van der Waals surface area contributed by atoms with Crippen LogP contribution in [0, 0.1) is 28.6 Å². The summed E-state index contributed by atoms with van der Waals surface area (Å²) in [5, 5.41) is 17.1. The van der Waals surface area contributed by atoms with Crippen molar-refractivity contribution in [1.29, 1.82) is 5.26 Å². The van der Waals surface area contributed by atoms with Gasteiger partial charge in [0.05, 0.1) is 16.6 Å². The number of hydrogen-bond acceptors (Lipinski definition) is 6. The highest BCUT2D eigenvalue weighted by Crippen LogP contribution is 2.60. The van der Waals surface area contributed by atoms with Crippen LogP contribution in [0.2, 0.25) is 5.02 Å². The highest BCUT2D eigenvalue weighted by atomic mass is 35.5. The van der Waals surface area contributed by atoms with Crippen LogP contribution in [0.25, 0.3) is 0 Å². The van der Waals surface area contributed by atoms with Crippen molar-refractivity contribution in [2.24, 2.45) is 24.3 Å². The SMILES string of the molecule is CC1(C)C(C=C(Cl)Cl)C1C(=O)OC(C#N)c1cccc(Oc2ccccc2)c1.CCc1nn(C)c(C(=O)NCc2ccc(C(C)(C)C)cc2)c1Cl. The second-order valence-corrected chi connectivity index (χ2v) is 15.3. The Kier molecular flexibility index (Phi) is 13.0. The number of halogens is 3. The van der Waals surface area contributed by atoms with Crippen molar-refractivity contribution in [3.05, 3.63) is 123 Å². The summed E-state index contributed by atoms with van der Waals surface area (Å²) >= 11 is 17.7. The summed E-state index contributed by atoms with van der Waals surface area (Å²) in [5.74, 6) is 0.0852. The smallest absolute Gasteiger partial charge is 0.311 e. The normalized spacial score (nSPS) is 16.4. The molecule has 0 spiro atoms. The molecule has 1 heterocycles. The first kappa shape index (κ1) is 39.5. The van der Waals surface area contributed by atoms with Gasteiger partial charge in [-0.2, -0.15) is 10.4 Å². The highest BCUT2D eigenvalue weighted by molar-refractivity contribution is 6.55. The van der Waals surface area contributed by atoms with Gasteiger partial charge in [0.25, 0.3) is 5.91 Å². The lowest BCUT2D eigenvalue weighted by Crippen LogP contribution is -2.25. The second kappa shape index (κ2) is 16.8. The number of nitrogens with zero attached hydrogens (tertiary/aromatic N) is 3. The lowest BCUT2D eigenvalue weighted by molar-refractivity contribution is -0.149. The van der Waals surface area contributed by atoms with Gasteiger partial charge in [0.1, 0.15) is 27.8 Å². The fourth-order valence-corrected chi connectivity index (χ4v) is 6.36. The van der Waals surface area contributed by atoms with Crippen molar-refractivity contribution in [3.8, 4) is 17.6 Å². The standard InChI is InChI=1S/C22H19Cl2NO3.C18H24ClN3O/c1-22(2)17(12-19(23)24)20(22)21(26)28-18(13-25)14-7-6-10-16(11-14)27-15-8-4-3-5-9-15;1-6-14-15(19)16(22(5)21-14)17(23)20-11-12-7-9-13(10-8-12)18(2,3)4/h3-12,17-18,20H,1-2H3;7-10H,6,11H2,1-5H3,(H,20,23). The molecule has 1 N–H and O–H groups in total. The monoisotopic (exact) mass is 748 g/mol. The van der Waals surface area contributed by atoms with Crippen molar-refractivity contribution in [3.63, 3.8) is 0 Å². The van der Waals surface area contributed by atoms with Crippen molar-refractivity contribution in [2.75, 3.05) is 0 Å². The molecule has 4 aromatic rings. The van der Waals surface area contributed by atoms with E-state index >= 15 is 0 Å². The summed E-state index contributed by atoms with van der Waals surface area (Å²) in [5.41, 5.74) is 3.84. The third-order valence-electron chi connectivity index (χ3n) is 8.84. The number of nitrogens with one attached hydrogen (secondary N) is 1. The third kappa shape index (κ3) is 10.2. The summed E-state index contributed by atoms with van der Waals surface area (Å²) in [6, 6.07) is 26.6. The van der Waals surface area contributed by atoms with E-state index in [9.17, 15) is 14.9 Å². The number of aryl methyl sites for hydroxylation is 2. The number of allylic oxidation sites excluding steroid dienone is 1. The van der Waals surface area contributed by atoms with Crippen molar-refractivity contribution < 1.29 is 19.1 Å². The van der Waals surface area contributed by atoms with E-state index in [1.165, 1.54) is 5.56 Å². The number of para-hydroxylation sites is 1. The van der Waals surface area contributed by atoms with Gasteiger partial charge in [0.2, 0.25) is 6.10 Å². The molecule has 3 atom stereocenters. The van der Waals surface area contributed by atoms with Gasteiger partial charge >= 0.3 is 5.97 Å². The van der Waals surface area contributed by atoms with E-state index in [0.29, 0.717) is 40.7 Å². The van der Waals surface area contributed by atoms with E-state index in [0.717, 1.165) is 11.3 Å². The Morgan fingerprint density at radius 1 is 1.04 bits per heavy atom. The zero-order chi connectivity index (χ0) is 37.5. The Labute approximate surface area is 315 Å². The van der Waals surface area contributed by atoms with Crippen molar-refractivity contribution in [2.45, 2.75) is 66.0 Å². The van der Waals surface area contributed by atoms with E-state index in [4.69, 9.17) is 44.3 Å². The molecule has 1 aliphatic carbocycles. The fourth-order valence-electron chi connectivity index (χ4n) is 5.71. The Hall–Kier alpha value is -4.29. The first-order valence-electron chi connectivity index (χ1n) is 16.6. The molecule has 1 amide bonds. The zero-order valence-electron chi connectivity index (χ0n) is 29.8. The van der Waals surface area contributed by atoms with Crippen LogP contribution >= 0.6 is 34.8 Å². The van der Waals surface area contributed by atoms with E-state index in [2.05, 4.69) is 43.3 Å². The molecule has 0 bridgehead atoms. The van der Waals surface area contributed by atoms with Crippen LogP contribution < -0.4 is 10.1 Å². The third-order valence-corrected chi connectivity index (χ3v) is 9.49. The molecular weight excluding hydrogens is 707 g/mol. The second-order valence-electron chi connectivity index (χ2n) is 13.9. The predicted octanol–water partition coefficient (Wildman–Crippen LogP) is 10.0. The molecule has 3 unspecified atom stereocenters. The molecule has 0 aliphatic heterocycles. The van der Waals surface area contributed by atoms with Crippen molar-refractivity contribution in [1.82, 2.24) is 15.1 Å². The fraction of sp³-hybridized carbons (Fsp3) is 0.350. The van der Waals surface area contributed by atoms with Crippen molar-refractivity contribution >= 4 is 46.7 Å². The minimum atomic E-state index is -1.03. The van der Waals surface area contributed by atoms with E-state index in [-0.39, 0.29) is 33.1 Å². The minimum absolute atomic E-state index is 0.114. The van der Waals surface area contributed by atoms with Gasteiger partial charge in [-0.1, -0.05) is 131 Å². The Morgan fingerprint density at radius 3 is 2.25 bits per heavy atom. The summed E-state index contributed by atoms with van der Waals surface area (Å²) in [6.07, 6.45) is 1.32. The molecule has 11 heteroatoms. The number of carbonyl (C=O) groups is 2. The first-order valence-corrected chi connectivity index (χ1v) is 17.7. The lowest BCUT2D eigenvalue weighted by Gasteiger charge is -2.19. The number of rotatable bonds is 10. The van der Waals surface area contributed by atoms with Gasteiger partial charge < -0.3 is 14.8 Å². The van der Waals surface area contributed by atoms with Gasteiger partial charge in [0, 0.05) is 19.2 Å². The quantitative estimate of drug-likeness (QED) is 0.162. The Bertz CT molecular complexity index is 1900. The number of aromatic nitrogens is 2. The Balaban J connectivity index is 0.000000233. The van der Waals surface area contributed by atoms with Crippen LogP contribution in [0.1, 0.15) is 80.5 Å². The maximum atomic E-state index is 12.6. The molecule has 0 radical (unpaired) electrons. The topological polar surface area (TPSA) is 106 Å². The minimum Gasteiger partial charge on any atom is -0.457 e. The molecule has 0 saturated heterocycles. The molecule has 1 aromatic heterocycles. The molecule has 1 aliphatic rings. The number of hydrogen-bond donors (Lipinski definition) is 1. The Morgan fingerprint density at radius 2 is 1.69 bits per heavy atom. The average molecular weight is 750 g/mol. The van der Waals surface area contributed by atoms with Crippen LogP contribution in [0.3, 0.4) is 0 Å². The largest absolute Gasteiger partial charge is 0.457 e. The highest BCUT2D eigenvalue weighted by Gasteiger charge is 2.62. The summed E-state index contributed by atoms with van der Waals surface area (Å²) in [7, 11) is 1.73. The molecule has 1 fully saturated rings. The van der Waals surface area contributed by atoms with Crippen LogP contribution in [-0.2, 0) is 35.0 Å². The zero-order valence-corrected chi connectivity index (χ0v) is 32.1. The van der Waals surface area contributed by atoms with Gasteiger partial charge in [-0.15, -0.1) is 0 Å². The molecule has 8 nitrogen and oxygen atoms in total. The van der Waals surface area contributed by atoms with Crippen LogP contribution in [0.15, 0.2) is 89.4 Å². The molecule has 268 valence electrons. The number of benzene rings is 3. The average Bonchev–Trinajstić information content (AvgIpc) is 3.48. The summed E-state index contributed by atoms with van der Waals surface area (Å²) < 4.78 is 12.9. The summed E-state index contributed by atoms with van der Waals surface area (Å²) in [4.78, 5) is 25.0. The molecule has 1 saturated carbocycles. The molecular formula is C40H43Cl3N4O4. The maximum absolute atomic E-state index is 12.6. The maximum Gasteiger partial charge on any atom is 0.311 e. The van der Waals surface area contributed by atoms with Gasteiger partial charge in [-0.3, -0.25) is 14.3 Å². The van der Waals surface area contributed by atoms with Crippen LogP contribution in [0.4, 0.5) is 0 Å². The lowest BCUT2D eigenvalue weighted by atomic mass is 9.87. The predicted molar refractivity (Wildman–Crippen MR) is 202 cm³/mol. The van der Waals surface area contributed by atoms with Crippen LogP contribution in [-0.4, -0.2) is 21.7 Å². The number of esters is 1. The number of ether oxygens (including phenoxy) is 2. The van der Waals surface area contributed by atoms with Gasteiger partial charge in [-0.25, -0.2) is 0 Å². The van der Waals surface area contributed by atoms with E-state index < -0.39 is 12.1 Å². The number of carbonyl (C=O) groups excluding carboxylic acids is 2. The first-order chi connectivity index (χ1) is 24.1. The molecule has 3 aromatic carbocycles.